The van der Waals surface area contributed by atoms with Crippen LogP contribution >= 0.6 is 11.6 Å². The van der Waals surface area contributed by atoms with Crippen molar-refractivity contribution in [2.24, 2.45) is 0 Å². The van der Waals surface area contributed by atoms with E-state index in [0.29, 0.717) is 5.02 Å². The molecule has 160 valence electrons. The average molecular weight is 455 g/mol. The van der Waals surface area contributed by atoms with Crippen molar-refractivity contribution in [3.63, 3.8) is 0 Å². The number of amides is 1. The van der Waals surface area contributed by atoms with Crippen LogP contribution in [0.5, 0.6) is 11.5 Å². The molecule has 0 aliphatic carbocycles. The SMILES string of the molecule is O=C(OCC(=O)N1CCN(S(=O)(=O)c2ccc(Cl)cc2)CC1)c1ccc(O)cc1O. The van der Waals surface area contributed by atoms with Crippen LogP contribution in [-0.2, 0) is 19.6 Å². The highest BCUT2D eigenvalue weighted by molar-refractivity contribution is 7.89. The summed E-state index contributed by atoms with van der Waals surface area (Å²) in [5, 5.41) is 19.3. The average Bonchev–Trinajstić information content (AvgIpc) is 2.72. The van der Waals surface area contributed by atoms with Gasteiger partial charge in [0.2, 0.25) is 10.0 Å². The molecule has 9 nitrogen and oxygen atoms in total. The number of aromatic hydroxyl groups is 2. The number of phenolic OH excluding ortho intramolecular Hbond substituents is 2. The zero-order valence-corrected chi connectivity index (χ0v) is 17.3. The first-order valence-corrected chi connectivity index (χ1v) is 10.7. The van der Waals surface area contributed by atoms with Gasteiger partial charge in [-0.05, 0) is 36.4 Å². The Morgan fingerprint density at radius 1 is 1.00 bits per heavy atom. The summed E-state index contributed by atoms with van der Waals surface area (Å²) < 4.78 is 31.5. The summed E-state index contributed by atoms with van der Waals surface area (Å²) >= 11 is 5.79. The van der Waals surface area contributed by atoms with Gasteiger partial charge in [-0.3, -0.25) is 4.79 Å². The summed E-state index contributed by atoms with van der Waals surface area (Å²) in [5.41, 5.74) is -0.181. The van der Waals surface area contributed by atoms with Crippen LogP contribution in [0.25, 0.3) is 0 Å². The van der Waals surface area contributed by atoms with Crippen LogP contribution in [0.15, 0.2) is 47.4 Å². The van der Waals surface area contributed by atoms with Gasteiger partial charge in [-0.2, -0.15) is 4.31 Å². The van der Waals surface area contributed by atoms with E-state index in [1.54, 1.807) is 0 Å². The third-order valence-corrected chi connectivity index (χ3v) is 6.74. The Morgan fingerprint density at radius 2 is 1.63 bits per heavy atom. The van der Waals surface area contributed by atoms with E-state index >= 15 is 0 Å². The van der Waals surface area contributed by atoms with Crippen LogP contribution in [0.3, 0.4) is 0 Å². The van der Waals surface area contributed by atoms with E-state index in [2.05, 4.69) is 0 Å². The summed E-state index contributed by atoms with van der Waals surface area (Å²) in [4.78, 5) is 25.8. The minimum atomic E-state index is -3.69. The zero-order valence-electron chi connectivity index (χ0n) is 15.7. The molecule has 2 aromatic carbocycles. The fraction of sp³-hybridized carbons (Fsp3) is 0.263. The van der Waals surface area contributed by atoms with Gasteiger partial charge in [0.25, 0.3) is 5.91 Å². The number of carbonyl (C=O) groups excluding carboxylic acids is 2. The number of ether oxygens (including phenoxy) is 1. The number of nitrogens with zero attached hydrogens (tertiary/aromatic N) is 2. The molecule has 0 saturated carbocycles. The summed E-state index contributed by atoms with van der Waals surface area (Å²) in [7, 11) is -3.69. The van der Waals surface area contributed by atoms with E-state index in [1.165, 1.54) is 45.6 Å². The first-order valence-electron chi connectivity index (χ1n) is 8.91. The molecule has 0 aromatic heterocycles. The number of piperazine rings is 1. The van der Waals surface area contributed by atoms with Crippen molar-refractivity contribution < 1.29 is 33.0 Å². The Kier molecular flexibility index (Phi) is 6.49. The Hall–Kier alpha value is -2.82. The quantitative estimate of drug-likeness (QED) is 0.655. The highest BCUT2D eigenvalue weighted by Crippen LogP contribution is 2.23. The molecule has 1 aliphatic heterocycles. The standard InChI is InChI=1S/C19H19ClN2O7S/c20-13-1-4-15(5-2-13)30(27,28)22-9-7-21(8-10-22)18(25)12-29-19(26)16-6-3-14(23)11-17(16)24/h1-6,11,23-24H,7-10,12H2. The second kappa shape index (κ2) is 8.90. The third-order valence-electron chi connectivity index (χ3n) is 4.57. The molecule has 0 atom stereocenters. The van der Waals surface area contributed by atoms with Gasteiger partial charge in [0.1, 0.15) is 17.1 Å². The maximum atomic E-state index is 12.7. The molecular weight excluding hydrogens is 436 g/mol. The van der Waals surface area contributed by atoms with E-state index in [1.807, 2.05) is 0 Å². The Morgan fingerprint density at radius 3 is 2.23 bits per heavy atom. The summed E-state index contributed by atoms with van der Waals surface area (Å²) in [6, 6.07) is 9.21. The molecule has 1 amide bonds. The van der Waals surface area contributed by atoms with Gasteiger partial charge < -0.3 is 19.8 Å². The Balaban J connectivity index is 1.54. The van der Waals surface area contributed by atoms with E-state index in [4.69, 9.17) is 16.3 Å². The summed E-state index contributed by atoms with van der Waals surface area (Å²) in [6.45, 7) is -0.0583. The van der Waals surface area contributed by atoms with Crippen molar-refractivity contribution in [3.05, 3.63) is 53.1 Å². The Labute approximate surface area is 178 Å². The molecule has 1 saturated heterocycles. The van der Waals surface area contributed by atoms with Crippen LogP contribution in [0, 0.1) is 0 Å². The van der Waals surface area contributed by atoms with Gasteiger partial charge in [0, 0.05) is 37.3 Å². The number of carbonyl (C=O) groups is 2. The fourth-order valence-corrected chi connectivity index (χ4v) is 4.47. The van der Waals surface area contributed by atoms with Crippen LogP contribution in [-0.4, -0.2) is 72.5 Å². The van der Waals surface area contributed by atoms with Crippen molar-refractivity contribution in [1.29, 1.82) is 0 Å². The molecule has 0 spiro atoms. The topological polar surface area (TPSA) is 124 Å². The molecule has 0 unspecified atom stereocenters. The predicted molar refractivity (Wildman–Crippen MR) is 107 cm³/mol. The lowest BCUT2D eigenvalue weighted by molar-refractivity contribution is -0.135. The lowest BCUT2D eigenvalue weighted by atomic mass is 10.2. The van der Waals surface area contributed by atoms with Crippen LogP contribution in [0.1, 0.15) is 10.4 Å². The Bertz CT molecular complexity index is 1050. The molecule has 0 radical (unpaired) electrons. The van der Waals surface area contributed by atoms with Crippen molar-refractivity contribution in [1.82, 2.24) is 9.21 Å². The second-order valence-corrected chi connectivity index (χ2v) is 8.89. The van der Waals surface area contributed by atoms with Crippen molar-refractivity contribution in [2.45, 2.75) is 4.90 Å². The van der Waals surface area contributed by atoms with E-state index < -0.39 is 34.3 Å². The lowest BCUT2D eigenvalue weighted by Gasteiger charge is -2.33. The van der Waals surface area contributed by atoms with Gasteiger partial charge >= 0.3 is 5.97 Å². The van der Waals surface area contributed by atoms with Crippen molar-refractivity contribution in [3.8, 4) is 11.5 Å². The number of hydrogen-bond donors (Lipinski definition) is 2. The van der Waals surface area contributed by atoms with E-state index in [9.17, 15) is 28.2 Å². The van der Waals surface area contributed by atoms with Crippen LogP contribution in [0.4, 0.5) is 0 Å². The van der Waals surface area contributed by atoms with Gasteiger partial charge in [-0.1, -0.05) is 11.6 Å². The molecule has 2 aromatic rings. The number of hydrogen-bond acceptors (Lipinski definition) is 7. The molecule has 1 heterocycles. The maximum Gasteiger partial charge on any atom is 0.342 e. The largest absolute Gasteiger partial charge is 0.508 e. The maximum absolute atomic E-state index is 12.7. The summed E-state index contributed by atoms with van der Waals surface area (Å²) in [6.07, 6.45) is 0. The monoisotopic (exact) mass is 454 g/mol. The number of rotatable bonds is 5. The van der Waals surface area contributed by atoms with Crippen LogP contribution < -0.4 is 0 Å². The van der Waals surface area contributed by atoms with E-state index in [-0.39, 0.29) is 42.4 Å². The third kappa shape index (κ3) is 4.84. The van der Waals surface area contributed by atoms with Gasteiger partial charge in [0.05, 0.1) is 4.90 Å². The number of esters is 1. The van der Waals surface area contributed by atoms with Crippen LogP contribution in [0.2, 0.25) is 5.02 Å². The zero-order chi connectivity index (χ0) is 21.9. The molecule has 0 bridgehead atoms. The normalized spacial score (nSPS) is 15.0. The highest BCUT2D eigenvalue weighted by atomic mass is 35.5. The molecule has 1 fully saturated rings. The molecule has 2 N–H and O–H groups in total. The van der Waals surface area contributed by atoms with E-state index in [0.717, 1.165) is 6.07 Å². The first kappa shape index (κ1) is 21.9. The predicted octanol–water partition coefficient (Wildman–Crippen LogP) is 1.44. The van der Waals surface area contributed by atoms with Gasteiger partial charge in [-0.25, -0.2) is 13.2 Å². The smallest absolute Gasteiger partial charge is 0.342 e. The minimum Gasteiger partial charge on any atom is -0.508 e. The number of benzene rings is 2. The number of phenols is 2. The molecule has 1 aliphatic rings. The van der Waals surface area contributed by atoms with Crippen molar-refractivity contribution in [2.75, 3.05) is 32.8 Å². The molecule has 11 heteroatoms. The van der Waals surface area contributed by atoms with Gasteiger partial charge in [-0.15, -0.1) is 0 Å². The molecule has 3 rings (SSSR count). The summed E-state index contributed by atoms with van der Waals surface area (Å²) in [5.74, 6) is -2.07. The first-order chi connectivity index (χ1) is 14.2. The van der Waals surface area contributed by atoms with Crippen molar-refractivity contribution >= 4 is 33.5 Å². The highest BCUT2D eigenvalue weighted by Gasteiger charge is 2.30. The number of sulfonamides is 1. The second-order valence-electron chi connectivity index (χ2n) is 6.52. The number of halogens is 1. The minimum absolute atomic E-state index is 0.101. The van der Waals surface area contributed by atoms with Gasteiger partial charge in [0.15, 0.2) is 6.61 Å². The lowest BCUT2D eigenvalue weighted by Crippen LogP contribution is -2.51. The molecule has 30 heavy (non-hydrogen) atoms. The fourth-order valence-electron chi connectivity index (χ4n) is 2.92. The molecular formula is C19H19ClN2O7S.